The SMILES string of the molecule is Cc1occc1-c1nnc(SCc2cccc(Br)c2)n1-c1ccccc1. The molecule has 0 amide bonds. The lowest BCUT2D eigenvalue weighted by molar-refractivity contribution is 0.535. The molecule has 2 aromatic heterocycles. The van der Waals surface area contributed by atoms with Crippen molar-refractivity contribution in [3.05, 3.63) is 82.7 Å². The van der Waals surface area contributed by atoms with Gasteiger partial charge in [0.15, 0.2) is 11.0 Å². The van der Waals surface area contributed by atoms with Gasteiger partial charge in [-0.3, -0.25) is 4.57 Å². The highest BCUT2D eigenvalue weighted by Crippen LogP contribution is 2.31. The zero-order chi connectivity index (χ0) is 17.9. The van der Waals surface area contributed by atoms with Crippen molar-refractivity contribution in [1.82, 2.24) is 14.8 Å². The zero-order valence-corrected chi connectivity index (χ0v) is 16.5. The minimum absolute atomic E-state index is 0.791. The Morgan fingerprint density at radius 2 is 1.88 bits per heavy atom. The molecule has 0 radical (unpaired) electrons. The average molecular weight is 426 g/mol. The van der Waals surface area contributed by atoms with Gasteiger partial charge in [0, 0.05) is 15.9 Å². The van der Waals surface area contributed by atoms with Gasteiger partial charge in [0.2, 0.25) is 0 Å². The van der Waals surface area contributed by atoms with Crippen LogP contribution in [0.2, 0.25) is 0 Å². The molecule has 0 unspecified atom stereocenters. The van der Waals surface area contributed by atoms with Gasteiger partial charge in [-0.2, -0.15) is 0 Å². The van der Waals surface area contributed by atoms with E-state index in [-0.39, 0.29) is 0 Å². The number of rotatable bonds is 5. The molecule has 4 rings (SSSR count). The van der Waals surface area contributed by atoms with Crippen molar-refractivity contribution in [2.24, 2.45) is 0 Å². The first-order chi connectivity index (χ1) is 12.7. The van der Waals surface area contributed by atoms with Gasteiger partial charge in [-0.1, -0.05) is 58.0 Å². The highest BCUT2D eigenvalue weighted by Gasteiger charge is 2.18. The Labute approximate surface area is 164 Å². The van der Waals surface area contributed by atoms with Crippen molar-refractivity contribution in [2.45, 2.75) is 17.8 Å². The van der Waals surface area contributed by atoms with Crippen LogP contribution < -0.4 is 0 Å². The number of halogens is 1. The fourth-order valence-corrected chi connectivity index (χ4v) is 4.08. The summed E-state index contributed by atoms with van der Waals surface area (Å²) in [6.07, 6.45) is 1.68. The van der Waals surface area contributed by atoms with Crippen molar-refractivity contribution >= 4 is 27.7 Å². The average Bonchev–Trinajstić information content (AvgIpc) is 3.26. The highest BCUT2D eigenvalue weighted by molar-refractivity contribution is 9.10. The van der Waals surface area contributed by atoms with Crippen LogP contribution in [0.3, 0.4) is 0 Å². The first-order valence-electron chi connectivity index (χ1n) is 8.15. The van der Waals surface area contributed by atoms with Crippen LogP contribution in [0.5, 0.6) is 0 Å². The molecular weight excluding hydrogens is 410 g/mol. The molecule has 2 aromatic carbocycles. The maximum Gasteiger partial charge on any atom is 0.196 e. The summed E-state index contributed by atoms with van der Waals surface area (Å²) in [5.41, 5.74) is 3.22. The van der Waals surface area contributed by atoms with Crippen molar-refractivity contribution in [1.29, 1.82) is 0 Å². The van der Waals surface area contributed by atoms with Crippen LogP contribution in [0.15, 0.2) is 81.0 Å². The fraction of sp³-hybridized carbons (Fsp3) is 0.100. The molecule has 0 aliphatic carbocycles. The van der Waals surface area contributed by atoms with E-state index < -0.39 is 0 Å². The topological polar surface area (TPSA) is 43.9 Å². The monoisotopic (exact) mass is 425 g/mol. The van der Waals surface area contributed by atoms with E-state index in [0.29, 0.717) is 0 Å². The van der Waals surface area contributed by atoms with Crippen LogP contribution in [0, 0.1) is 6.92 Å². The van der Waals surface area contributed by atoms with E-state index in [9.17, 15) is 0 Å². The molecule has 26 heavy (non-hydrogen) atoms. The van der Waals surface area contributed by atoms with E-state index in [0.717, 1.165) is 38.2 Å². The number of nitrogens with zero attached hydrogens (tertiary/aromatic N) is 3. The molecule has 130 valence electrons. The molecule has 0 fully saturated rings. The second kappa shape index (κ2) is 7.51. The summed E-state index contributed by atoms with van der Waals surface area (Å²) in [5, 5.41) is 9.75. The van der Waals surface area contributed by atoms with E-state index >= 15 is 0 Å². The number of benzene rings is 2. The number of furan rings is 1. The summed E-state index contributed by atoms with van der Waals surface area (Å²) in [7, 11) is 0. The van der Waals surface area contributed by atoms with Gasteiger partial charge >= 0.3 is 0 Å². The highest BCUT2D eigenvalue weighted by atomic mass is 79.9. The molecular formula is C20H16BrN3OS. The molecule has 0 saturated heterocycles. The number of hydrogen-bond acceptors (Lipinski definition) is 4. The minimum Gasteiger partial charge on any atom is -0.469 e. The lowest BCUT2D eigenvalue weighted by atomic mass is 10.2. The Morgan fingerprint density at radius 3 is 2.62 bits per heavy atom. The molecule has 4 aromatic rings. The second-order valence-electron chi connectivity index (χ2n) is 5.79. The number of para-hydroxylation sites is 1. The third kappa shape index (κ3) is 3.48. The molecule has 0 spiro atoms. The van der Waals surface area contributed by atoms with Crippen molar-refractivity contribution in [2.75, 3.05) is 0 Å². The summed E-state index contributed by atoms with van der Waals surface area (Å²) < 4.78 is 8.63. The van der Waals surface area contributed by atoms with E-state index in [1.807, 2.05) is 43.3 Å². The quantitative estimate of drug-likeness (QED) is 0.373. The first-order valence-corrected chi connectivity index (χ1v) is 9.93. The lowest BCUT2D eigenvalue weighted by Crippen LogP contribution is -1.99. The summed E-state index contributed by atoms with van der Waals surface area (Å²) in [6.45, 7) is 1.94. The van der Waals surface area contributed by atoms with Gasteiger partial charge in [-0.15, -0.1) is 10.2 Å². The van der Waals surface area contributed by atoms with Crippen LogP contribution in [-0.2, 0) is 5.75 Å². The summed E-state index contributed by atoms with van der Waals surface area (Å²) >= 11 is 5.19. The number of aromatic nitrogens is 3. The standard InChI is InChI=1S/C20H16BrN3OS/c1-14-18(10-11-25-14)19-22-23-20(24(19)17-8-3-2-4-9-17)26-13-15-6-5-7-16(21)12-15/h2-12H,13H2,1H3. The zero-order valence-electron chi connectivity index (χ0n) is 14.1. The normalized spacial score (nSPS) is 11.0. The summed E-state index contributed by atoms with van der Waals surface area (Å²) in [6, 6.07) is 20.4. The summed E-state index contributed by atoms with van der Waals surface area (Å²) in [4.78, 5) is 0. The Balaban J connectivity index is 1.73. The Kier molecular flexibility index (Phi) is 4.95. The smallest absolute Gasteiger partial charge is 0.196 e. The predicted molar refractivity (Wildman–Crippen MR) is 108 cm³/mol. The maximum atomic E-state index is 5.47. The second-order valence-corrected chi connectivity index (χ2v) is 7.64. The minimum atomic E-state index is 0.791. The molecule has 0 saturated carbocycles. The molecule has 6 heteroatoms. The molecule has 0 aliphatic heterocycles. The van der Waals surface area contributed by atoms with E-state index in [1.165, 1.54) is 5.56 Å². The van der Waals surface area contributed by atoms with Crippen LogP contribution in [-0.4, -0.2) is 14.8 Å². The van der Waals surface area contributed by atoms with Crippen LogP contribution in [0.1, 0.15) is 11.3 Å². The van der Waals surface area contributed by atoms with E-state index in [4.69, 9.17) is 4.42 Å². The summed E-state index contributed by atoms with van der Waals surface area (Å²) in [5.74, 6) is 2.44. The predicted octanol–water partition coefficient (Wildman–Crippen LogP) is 5.89. The largest absolute Gasteiger partial charge is 0.469 e. The van der Waals surface area contributed by atoms with Gasteiger partial charge in [-0.25, -0.2) is 0 Å². The van der Waals surface area contributed by atoms with Gasteiger partial charge in [0.1, 0.15) is 5.76 Å². The molecule has 2 heterocycles. The van der Waals surface area contributed by atoms with Gasteiger partial charge in [-0.05, 0) is 42.8 Å². The molecule has 4 nitrogen and oxygen atoms in total. The maximum absolute atomic E-state index is 5.47. The van der Waals surface area contributed by atoms with Crippen LogP contribution in [0.4, 0.5) is 0 Å². The van der Waals surface area contributed by atoms with E-state index in [1.54, 1.807) is 18.0 Å². The van der Waals surface area contributed by atoms with Crippen LogP contribution in [0.25, 0.3) is 17.1 Å². The number of thioether (sulfide) groups is 1. The molecule has 0 N–H and O–H groups in total. The third-order valence-corrected chi connectivity index (χ3v) is 5.50. The number of hydrogen-bond donors (Lipinski definition) is 0. The lowest BCUT2D eigenvalue weighted by Gasteiger charge is -2.10. The molecule has 0 bridgehead atoms. The Morgan fingerprint density at radius 1 is 1.04 bits per heavy atom. The molecule has 0 atom stereocenters. The van der Waals surface area contributed by atoms with Crippen LogP contribution >= 0.6 is 27.7 Å². The van der Waals surface area contributed by atoms with Crippen molar-refractivity contribution in [3.8, 4) is 17.1 Å². The van der Waals surface area contributed by atoms with Gasteiger partial charge in [0.25, 0.3) is 0 Å². The first kappa shape index (κ1) is 17.1. The third-order valence-electron chi connectivity index (χ3n) is 4.00. The van der Waals surface area contributed by atoms with Crippen molar-refractivity contribution in [3.63, 3.8) is 0 Å². The number of aryl methyl sites for hydroxylation is 1. The fourth-order valence-electron chi connectivity index (χ4n) is 2.74. The van der Waals surface area contributed by atoms with Gasteiger partial charge < -0.3 is 4.42 Å². The van der Waals surface area contributed by atoms with Gasteiger partial charge in [0.05, 0.1) is 11.8 Å². The Bertz CT molecular complexity index is 1030. The molecule has 0 aliphatic rings. The Hall–Kier alpha value is -2.31. The van der Waals surface area contributed by atoms with E-state index in [2.05, 4.69) is 55.0 Å². The van der Waals surface area contributed by atoms with Crippen molar-refractivity contribution < 1.29 is 4.42 Å².